The predicted molar refractivity (Wildman–Crippen MR) is 90.2 cm³/mol. The van der Waals surface area contributed by atoms with E-state index in [9.17, 15) is 52.3 Å². The normalized spacial score (nSPS) is 21.1. The molecule has 0 saturated heterocycles. The number of methoxy groups -OCH3 is 1. The van der Waals surface area contributed by atoms with E-state index in [0.717, 1.165) is 0 Å². The lowest BCUT2D eigenvalue weighted by Gasteiger charge is -2.33. The van der Waals surface area contributed by atoms with Crippen molar-refractivity contribution in [3.05, 3.63) is 11.8 Å². The maximum Gasteiger partial charge on any atom is 0.460 e. The first-order chi connectivity index (χ1) is 14.8. The van der Waals surface area contributed by atoms with E-state index in [2.05, 4.69) is 4.18 Å². The van der Waals surface area contributed by atoms with Crippen LogP contribution < -0.4 is 0 Å². The van der Waals surface area contributed by atoms with Crippen molar-refractivity contribution in [2.75, 3.05) is 40.1 Å². The molecular weight excluding hydrogens is 510 g/mol. The lowest BCUT2D eigenvalue weighted by molar-refractivity contribution is -0.382. The zero-order valence-electron chi connectivity index (χ0n) is 16.9. The standard InChI is InChI=1S/C16H20F10O6S/c1-29-6-7-30-8-9-31-10-12(17)4-2-11(3-5-12)32-33(27,28)16(25,26)14(20,21)13(18,19)15(22,23)24/h2H,3-10H2,1H3. The van der Waals surface area contributed by atoms with Crippen molar-refractivity contribution in [1.82, 2.24) is 0 Å². The molecule has 1 atom stereocenters. The number of allylic oxidation sites excluding steroid dienone is 2. The summed E-state index contributed by atoms with van der Waals surface area (Å²) < 4.78 is 172. The molecule has 0 radical (unpaired) electrons. The molecule has 33 heavy (non-hydrogen) atoms. The van der Waals surface area contributed by atoms with E-state index < -0.39 is 70.7 Å². The summed E-state index contributed by atoms with van der Waals surface area (Å²) in [5, 5.41) is -6.98. The van der Waals surface area contributed by atoms with Gasteiger partial charge in [-0.05, 0) is 12.5 Å². The number of hydrogen-bond donors (Lipinski definition) is 0. The van der Waals surface area contributed by atoms with Gasteiger partial charge in [0.05, 0.1) is 33.0 Å². The fraction of sp³-hybridized carbons (Fsp3) is 0.875. The van der Waals surface area contributed by atoms with Crippen LogP contribution >= 0.6 is 0 Å². The second kappa shape index (κ2) is 10.5. The number of alkyl halides is 10. The van der Waals surface area contributed by atoms with Gasteiger partial charge in [0.25, 0.3) is 0 Å². The van der Waals surface area contributed by atoms with E-state index in [1.54, 1.807) is 0 Å². The van der Waals surface area contributed by atoms with Crippen molar-refractivity contribution in [2.24, 2.45) is 0 Å². The molecule has 6 nitrogen and oxygen atoms in total. The summed E-state index contributed by atoms with van der Waals surface area (Å²) in [7, 11) is -5.60. The fourth-order valence-corrected chi connectivity index (χ4v) is 3.36. The molecule has 0 N–H and O–H groups in total. The Balaban J connectivity index is 2.79. The predicted octanol–water partition coefficient (Wildman–Crippen LogP) is 4.21. The molecule has 0 aliphatic heterocycles. The molecule has 1 unspecified atom stereocenters. The Morgan fingerprint density at radius 1 is 0.909 bits per heavy atom. The molecule has 1 rings (SSSR count). The van der Waals surface area contributed by atoms with E-state index in [0.29, 0.717) is 12.7 Å². The van der Waals surface area contributed by atoms with Crippen LogP contribution in [0.15, 0.2) is 11.8 Å². The van der Waals surface area contributed by atoms with Crippen LogP contribution in [0.5, 0.6) is 0 Å². The topological polar surface area (TPSA) is 71.1 Å². The van der Waals surface area contributed by atoms with Crippen LogP contribution in [0.3, 0.4) is 0 Å². The van der Waals surface area contributed by atoms with Gasteiger partial charge in [0.15, 0.2) is 0 Å². The molecule has 0 fully saturated rings. The van der Waals surface area contributed by atoms with Crippen molar-refractivity contribution in [3.63, 3.8) is 0 Å². The zero-order chi connectivity index (χ0) is 25.8. The molecule has 0 bridgehead atoms. The molecule has 0 aromatic carbocycles. The maximum atomic E-state index is 14.6. The summed E-state index contributed by atoms with van der Waals surface area (Å²) in [6.45, 7) is 0.0297. The molecule has 0 aromatic rings. The second-order valence-corrected chi connectivity index (χ2v) is 8.47. The first-order valence-corrected chi connectivity index (χ1v) is 10.4. The van der Waals surface area contributed by atoms with Crippen molar-refractivity contribution in [3.8, 4) is 0 Å². The summed E-state index contributed by atoms with van der Waals surface area (Å²) in [5.74, 6) is -15.8. The molecule has 0 saturated carbocycles. The van der Waals surface area contributed by atoms with Crippen molar-refractivity contribution >= 4 is 10.1 Å². The SMILES string of the molecule is COCCOCCOCC1(F)CC=C(OS(=O)(=O)C(F)(F)C(F)(F)C(F)(F)C(F)(F)F)CC1. The lowest BCUT2D eigenvalue weighted by Crippen LogP contribution is -2.63. The van der Waals surface area contributed by atoms with Gasteiger partial charge in [0.1, 0.15) is 11.4 Å². The minimum atomic E-state index is -7.41. The average molecular weight is 530 g/mol. The van der Waals surface area contributed by atoms with Crippen LogP contribution in [-0.2, 0) is 28.5 Å². The van der Waals surface area contributed by atoms with Crippen molar-refractivity contribution in [1.29, 1.82) is 0 Å². The Morgan fingerprint density at radius 3 is 1.94 bits per heavy atom. The summed E-state index contributed by atoms with van der Waals surface area (Å²) >= 11 is 0. The van der Waals surface area contributed by atoms with Crippen molar-refractivity contribution < 1.29 is 70.7 Å². The lowest BCUT2D eigenvalue weighted by atomic mass is 9.91. The van der Waals surface area contributed by atoms with Crippen LogP contribution in [0, 0.1) is 0 Å². The highest BCUT2D eigenvalue weighted by atomic mass is 32.2. The van der Waals surface area contributed by atoms with Crippen LogP contribution in [0.1, 0.15) is 19.3 Å². The summed E-state index contributed by atoms with van der Waals surface area (Å²) in [6.07, 6.45) is -8.72. The minimum absolute atomic E-state index is 0.0500. The van der Waals surface area contributed by atoms with E-state index in [4.69, 9.17) is 14.2 Å². The van der Waals surface area contributed by atoms with Gasteiger partial charge in [0.2, 0.25) is 0 Å². The smallest absolute Gasteiger partial charge is 0.383 e. The van der Waals surface area contributed by atoms with Gasteiger partial charge in [-0.15, -0.1) is 0 Å². The van der Waals surface area contributed by atoms with Gasteiger partial charge in [0, 0.05) is 20.0 Å². The highest BCUT2D eigenvalue weighted by Crippen LogP contribution is 2.55. The largest absolute Gasteiger partial charge is 0.460 e. The van der Waals surface area contributed by atoms with E-state index in [1.807, 2.05) is 0 Å². The van der Waals surface area contributed by atoms with Crippen molar-refractivity contribution in [2.45, 2.75) is 48.2 Å². The highest BCUT2D eigenvalue weighted by molar-refractivity contribution is 7.88. The molecular formula is C16H20F10O6S. The molecule has 0 amide bonds. The maximum absolute atomic E-state index is 14.6. The third-order valence-corrected chi connectivity index (χ3v) is 5.64. The molecule has 17 heteroatoms. The molecule has 0 heterocycles. The minimum Gasteiger partial charge on any atom is -0.383 e. The molecule has 0 spiro atoms. The van der Waals surface area contributed by atoms with Gasteiger partial charge < -0.3 is 18.4 Å². The van der Waals surface area contributed by atoms with Crippen LogP contribution in [0.2, 0.25) is 0 Å². The van der Waals surface area contributed by atoms with Gasteiger partial charge in [-0.2, -0.15) is 47.9 Å². The van der Waals surface area contributed by atoms with E-state index in [-0.39, 0.29) is 19.8 Å². The van der Waals surface area contributed by atoms with Crippen LogP contribution in [0.4, 0.5) is 43.9 Å². The number of halogens is 10. The van der Waals surface area contributed by atoms with Gasteiger partial charge in [-0.25, -0.2) is 4.39 Å². The number of hydrogen-bond acceptors (Lipinski definition) is 6. The first kappa shape index (κ1) is 29.7. The third-order valence-electron chi connectivity index (χ3n) is 4.33. The summed E-state index contributed by atoms with van der Waals surface area (Å²) in [4.78, 5) is 0. The monoisotopic (exact) mass is 530 g/mol. The van der Waals surface area contributed by atoms with Gasteiger partial charge >= 0.3 is 33.4 Å². The fourth-order valence-electron chi connectivity index (χ4n) is 2.38. The molecule has 196 valence electrons. The molecule has 1 aliphatic carbocycles. The molecule has 0 aromatic heterocycles. The second-order valence-electron chi connectivity index (χ2n) is 6.88. The average Bonchev–Trinajstić information content (AvgIpc) is 2.68. The third kappa shape index (κ3) is 6.63. The van der Waals surface area contributed by atoms with Crippen LogP contribution in [-0.4, -0.2) is 77.5 Å². The Bertz CT molecular complexity index is 783. The van der Waals surface area contributed by atoms with Crippen LogP contribution in [0.25, 0.3) is 0 Å². The zero-order valence-corrected chi connectivity index (χ0v) is 17.7. The summed E-state index contributed by atoms with van der Waals surface area (Å²) in [5.41, 5.74) is -2.14. The number of rotatable bonds is 13. The quantitative estimate of drug-likeness (QED) is 0.202. The number of ether oxygens (including phenoxy) is 3. The highest BCUT2D eigenvalue weighted by Gasteiger charge is 2.86. The van der Waals surface area contributed by atoms with Gasteiger partial charge in [-0.3, -0.25) is 0 Å². The summed E-state index contributed by atoms with van der Waals surface area (Å²) in [6, 6.07) is 0. The van der Waals surface area contributed by atoms with Gasteiger partial charge in [-0.1, -0.05) is 0 Å². The first-order valence-electron chi connectivity index (χ1n) is 9.01. The van der Waals surface area contributed by atoms with E-state index in [1.165, 1.54) is 7.11 Å². The Morgan fingerprint density at radius 2 is 1.45 bits per heavy atom. The Kier molecular flexibility index (Phi) is 9.46. The van der Waals surface area contributed by atoms with E-state index >= 15 is 0 Å². The Hall–Kier alpha value is -1.33. The molecule has 1 aliphatic rings. The Labute approximate surface area is 181 Å².